The molecule has 0 atom stereocenters. The number of nitrogens with zero attached hydrogens (tertiary/aromatic N) is 1. The number of hydrogen-bond donors (Lipinski definition) is 3. The Kier molecular flexibility index (Phi) is 2.99. The molecular weight excluding hydrogens is 168 g/mol. The van der Waals surface area contributed by atoms with Crippen molar-refractivity contribution >= 4 is 17.8 Å². The van der Waals surface area contributed by atoms with E-state index in [4.69, 9.17) is 11.6 Å². The number of carbonyl (C=O) groups is 1. The van der Waals surface area contributed by atoms with Crippen molar-refractivity contribution < 1.29 is 4.79 Å². The number of rotatable bonds is 3. The Bertz CT molecular complexity index is 335. The van der Waals surface area contributed by atoms with E-state index in [1.165, 1.54) is 12.2 Å². The minimum atomic E-state index is -0.507. The van der Waals surface area contributed by atoms with Crippen LogP contribution in [0.5, 0.6) is 0 Å². The van der Waals surface area contributed by atoms with Gasteiger partial charge in [-0.3, -0.25) is 4.79 Å². The average molecular weight is 178 g/mol. The number of nitrogen functional groups attached to an aromatic ring is 1. The van der Waals surface area contributed by atoms with Gasteiger partial charge in [-0.05, 0) is 18.2 Å². The highest BCUT2D eigenvalue weighted by atomic mass is 16.1. The highest BCUT2D eigenvalue weighted by Gasteiger charge is 1.91. The zero-order valence-electron chi connectivity index (χ0n) is 6.90. The summed E-state index contributed by atoms with van der Waals surface area (Å²) >= 11 is 0. The standard InChI is InChI=1S/C8H10N4O/c9-7(13)5-4-6-2-1-3-8(11-6)12-10/h1-5H,10H2,(H2,9,13)(H,11,12). The van der Waals surface area contributed by atoms with Crippen LogP contribution in [0.3, 0.4) is 0 Å². The molecule has 1 amide bonds. The summed E-state index contributed by atoms with van der Waals surface area (Å²) in [6.07, 6.45) is 2.76. The molecule has 0 bridgehead atoms. The van der Waals surface area contributed by atoms with Gasteiger partial charge in [-0.2, -0.15) is 0 Å². The second kappa shape index (κ2) is 4.22. The maximum absolute atomic E-state index is 10.4. The molecule has 5 nitrogen and oxygen atoms in total. The molecule has 1 rings (SSSR count). The minimum absolute atomic E-state index is 0.507. The third-order valence-electron chi connectivity index (χ3n) is 1.34. The maximum Gasteiger partial charge on any atom is 0.241 e. The first-order valence-electron chi connectivity index (χ1n) is 3.63. The number of nitrogens with two attached hydrogens (primary N) is 2. The Balaban J connectivity index is 2.83. The Hall–Kier alpha value is -1.88. The van der Waals surface area contributed by atoms with Crippen molar-refractivity contribution in [1.29, 1.82) is 0 Å². The van der Waals surface area contributed by atoms with E-state index in [0.29, 0.717) is 11.5 Å². The zero-order valence-corrected chi connectivity index (χ0v) is 6.90. The lowest BCUT2D eigenvalue weighted by Gasteiger charge is -1.98. The summed E-state index contributed by atoms with van der Waals surface area (Å²) in [6, 6.07) is 5.21. The van der Waals surface area contributed by atoms with Crippen molar-refractivity contribution in [1.82, 2.24) is 4.98 Å². The Morgan fingerprint density at radius 2 is 2.31 bits per heavy atom. The van der Waals surface area contributed by atoms with E-state index in [9.17, 15) is 4.79 Å². The molecule has 68 valence electrons. The van der Waals surface area contributed by atoms with Gasteiger partial charge in [-0.15, -0.1) is 0 Å². The normalized spacial score (nSPS) is 10.2. The molecule has 0 aromatic carbocycles. The van der Waals surface area contributed by atoms with Crippen LogP contribution in [0.1, 0.15) is 5.69 Å². The van der Waals surface area contributed by atoms with Gasteiger partial charge in [0, 0.05) is 6.08 Å². The van der Waals surface area contributed by atoms with Crippen LogP contribution in [0.2, 0.25) is 0 Å². The monoisotopic (exact) mass is 178 g/mol. The molecule has 0 unspecified atom stereocenters. The highest BCUT2D eigenvalue weighted by Crippen LogP contribution is 2.04. The van der Waals surface area contributed by atoms with E-state index < -0.39 is 5.91 Å². The fourth-order valence-corrected chi connectivity index (χ4v) is 0.792. The summed E-state index contributed by atoms with van der Waals surface area (Å²) in [6.45, 7) is 0. The Labute approximate surface area is 75.4 Å². The van der Waals surface area contributed by atoms with Crippen LogP contribution >= 0.6 is 0 Å². The van der Waals surface area contributed by atoms with Crippen molar-refractivity contribution in [3.63, 3.8) is 0 Å². The summed E-state index contributed by atoms with van der Waals surface area (Å²) < 4.78 is 0. The van der Waals surface area contributed by atoms with Crippen molar-refractivity contribution in [2.24, 2.45) is 11.6 Å². The van der Waals surface area contributed by atoms with Crippen LogP contribution in [0.25, 0.3) is 6.08 Å². The Morgan fingerprint density at radius 3 is 2.92 bits per heavy atom. The van der Waals surface area contributed by atoms with E-state index in [2.05, 4.69) is 10.4 Å². The molecule has 0 spiro atoms. The predicted octanol–water partition coefficient (Wildman–Crippen LogP) is -0.134. The number of aromatic nitrogens is 1. The summed E-state index contributed by atoms with van der Waals surface area (Å²) in [5.74, 6) is 5.17. The second-order valence-electron chi connectivity index (χ2n) is 2.33. The number of hydrogen-bond acceptors (Lipinski definition) is 4. The molecule has 0 saturated heterocycles. The van der Waals surface area contributed by atoms with Crippen molar-refractivity contribution in [3.8, 4) is 0 Å². The quantitative estimate of drug-likeness (QED) is 0.341. The van der Waals surface area contributed by atoms with E-state index in [1.807, 2.05) is 0 Å². The van der Waals surface area contributed by atoms with Gasteiger partial charge < -0.3 is 11.2 Å². The molecule has 0 aliphatic rings. The number of primary amides is 1. The van der Waals surface area contributed by atoms with Gasteiger partial charge in [0.2, 0.25) is 5.91 Å². The summed E-state index contributed by atoms with van der Waals surface area (Å²) in [4.78, 5) is 14.4. The molecule has 1 aromatic heterocycles. The van der Waals surface area contributed by atoms with Gasteiger partial charge in [0.25, 0.3) is 0 Å². The molecule has 0 aliphatic carbocycles. The lowest BCUT2D eigenvalue weighted by Crippen LogP contribution is -2.08. The van der Waals surface area contributed by atoms with E-state index in [-0.39, 0.29) is 0 Å². The lowest BCUT2D eigenvalue weighted by atomic mass is 10.3. The molecule has 0 fully saturated rings. The summed E-state index contributed by atoms with van der Waals surface area (Å²) in [7, 11) is 0. The fraction of sp³-hybridized carbons (Fsp3) is 0. The number of nitrogens with one attached hydrogen (secondary N) is 1. The first-order valence-corrected chi connectivity index (χ1v) is 3.63. The molecule has 13 heavy (non-hydrogen) atoms. The van der Waals surface area contributed by atoms with Gasteiger partial charge in [0.15, 0.2) is 0 Å². The number of pyridine rings is 1. The summed E-state index contributed by atoms with van der Waals surface area (Å²) in [5, 5.41) is 0. The van der Waals surface area contributed by atoms with E-state index in [1.54, 1.807) is 18.2 Å². The van der Waals surface area contributed by atoms with Crippen LogP contribution < -0.4 is 17.0 Å². The number of carbonyl (C=O) groups excluding carboxylic acids is 1. The lowest BCUT2D eigenvalue weighted by molar-refractivity contribution is -0.113. The number of anilines is 1. The smallest absolute Gasteiger partial charge is 0.241 e. The SMILES string of the molecule is NNc1cccc(C=CC(N)=O)n1. The van der Waals surface area contributed by atoms with Crippen LogP contribution in [0.4, 0.5) is 5.82 Å². The first-order chi connectivity index (χ1) is 6.22. The van der Waals surface area contributed by atoms with Gasteiger partial charge in [-0.25, -0.2) is 10.8 Å². The van der Waals surface area contributed by atoms with E-state index in [0.717, 1.165) is 0 Å². The van der Waals surface area contributed by atoms with Gasteiger partial charge in [0.05, 0.1) is 5.69 Å². The van der Waals surface area contributed by atoms with Crippen LogP contribution in [-0.2, 0) is 4.79 Å². The van der Waals surface area contributed by atoms with Crippen LogP contribution in [-0.4, -0.2) is 10.9 Å². The molecule has 5 heteroatoms. The maximum atomic E-state index is 10.4. The molecule has 0 saturated carbocycles. The molecule has 5 N–H and O–H groups in total. The molecule has 0 radical (unpaired) electrons. The fourth-order valence-electron chi connectivity index (χ4n) is 0.792. The predicted molar refractivity (Wildman–Crippen MR) is 50.3 cm³/mol. The van der Waals surface area contributed by atoms with E-state index >= 15 is 0 Å². The largest absolute Gasteiger partial charge is 0.366 e. The average Bonchev–Trinajstić information content (AvgIpc) is 2.15. The minimum Gasteiger partial charge on any atom is -0.366 e. The van der Waals surface area contributed by atoms with Crippen LogP contribution in [0, 0.1) is 0 Å². The molecular formula is C8H10N4O. The van der Waals surface area contributed by atoms with Gasteiger partial charge in [-0.1, -0.05) is 6.07 Å². The van der Waals surface area contributed by atoms with Gasteiger partial charge in [0.1, 0.15) is 5.82 Å². The van der Waals surface area contributed by atoms with Gasteiger partial charge >= 0.3 is 0 Å². The molecule has 0 aliphatic heterocycles. The third kappa shape index (κ3) is 2.92. The number of hydrazine groups is 1. The molecule has 1 aromatic rings. The third-order valence-corrected chi connectivity index (χ3v) is 1.34. The zero-order chi connectivity index (χ0) is 9.68. The van der Waals surface area contributed by atoms with Crippen molar-refractivity contribution in [2.45, 2.75) is 0 Å². The topological polar surface area (TPSA) is 94.0 Å². The van der Waals surface area contributed by atoms with Crippen molar-refractivity contribution in [2.75, 3.05) is 5.43 Å². The first kappa shape index (κ1) is 9.21. The highest BCUT2D eigenvalue weighted by molar-refractivity contribution is 5.89. The van der Waals surface area contributed by atoms with Crippen LogP contribution in [0.15, 0.2) is 24.3 Å². The second-order valence-corrected chi connectivity index (χ2v) is 2.33. The Morgan fingerprint density at radius 1 is 1.54 bits per heavy atom. The summed E-state index contributed by atoms with van der Waals surface area (Å²) in [5.41, 5.74) is 7.93. The number of amides is 1. The molecule has 1 heterocycles. The van der Waals surface area contributed by atoms with Crippen molar-refractivity contribution in [3.05, 3.63) is 30.0 Å².